The molecule has 0 bridgehead atoms. The molecule has 2 aromatic carbocycles. The summed E-state index contributed by atoms with van der Waals surface area (Å²) in [5, 5.41) is 0. The molecule has 0 saturated carbocycles. The summed E-state index contributed by atoms with van der Waals surface area (Å²) in [6.45, 7) is 1.47. The lowest BCUT2D eigenvalue weighted by Crippen LogP contribution is -2.49. The van der Waals surface area contributed by atoms with E-state index in [-0.39, 0.29) is 12.2 Å². The Balaban J connectivity index is 1.99. The minimum Gasteiger partial charge on any atom is -0.473 e. The van der Waals surface area contributed by atoms with Gasteiger partial charge in [-0.2, -0.15) is 13.2 Å². The van der Waals surface area contributed by atoms with Crippen molar-refractivity contribution in [2.75, 3.05) is 0 Å². The standard InChI is InChI=1S/C23H23F3O2/c1-2-22(23(24,25)26)12-11-19-15-18(10-6-7-13-27)20(16-21(19)28-22)14-17-8-4-3-5-9-17/h3-5,8-9,11-13,15-16H,2,6-7,10,14H2,1H3. The molecule has 0 amide bonds. The Morgan fingerprint density at radius 3 is 2.50 bits per heavy atom. The van der Waals surface area contributed by atoms with Crippen LogP contribution >= 0.6 is 0 Å². The van der Waals surface area contributed by atoms with Crippen LogP contribution in [0.5, 0.6) is 5.75 Å². The molecule has 2 aromatic rings. The normalized spacial score (nSPS) is 18.4. The fraction of sp³-hybridized carbons (Fsp3) is 0.348. The van der Waals surface area contributed by atoms with Gasteiger partial charge in [0.15, 0.2) is 0 Å². The van der Waals surface area contributed by atoms with Crippen LogP contribution in [0, 0.1) is 0 Å². The summed E-state index contributed by atoms with van der Waals surface area (Å²) in [6, 6.07) is 13.4. The molecule has 5 heteroatoms. The van der Waals surface area contributed by atoms with Crippen molar-refractivity contribution in [1.82, 2.24) is 0 Å². The molecule has 0 N–H and O–H groups in total. The molecule has 3 rings (SSSR count). The monoisotopic (exact) mass is 388 g/mol. The topological polar surface area (TPSA) is 26.3 Å². The number of hydrogen-bond donors (Lipinski definition) is 0. The van der Waals surface area contributed by atoms with E-state index in [1.54, 1.807) is 6.07 Å². The van der Waals surface area contributed by atoms with E-state index in [1.807, 2.05) is 36.4 Å². The number of alkyl halides is 3. The van der Waals surface area contributed by atoms with Gasteiger partial charge in [-0.3, -0.25) is 0 Å². The van der Waals surface area contributed by atoms with Crippen molar-refractivity contribution in [3.8, 4) is 5.75 Å². The Hall–Kier alpha value is -2.56. The number of halogens is 3. The number of rotatable bonds is 7. The van der Waals surface area contributed by atoms with Crippen molar-refractivity contribution < 1.29 is 22.7 Å². The Kier molecular flexibility index (Phi) is 5.92. The predicted molar refractivity (Wildman–Crippen MR) is 103 cm³/mol. The lowest BCUT2D eigenvalue weighted by Gasteiger charge is -2.36. The second-order valence-corrected chi connectivity index (χ2v) is 7.06. The summed E-state index contributed by atoms with van der Waals surface area (Å²) in [5.74, 6) is 0.256. The van der Waals surface area contributed by atoms with Crippen molar-refractivity contribution in [2.24, 2.45) is 0 Å². The van der Waals surface area contributed by atoms with E-state index in [0.717, 1.165) is 29.1 Å². The van der Waals surface area contributed by atoms with E-state index in [2.05, 4.69) is 0 Å². The number of fused-ring (bicyclic) bond motifs is 1. The van der Waals surface area contributed by atoms with E-state index in [9.17, 15) is 18.0 Å². The summed E-state index contributed by atoms with van der Waals surface area (Å²) in [5.41, 5.74) is 1.39. The first-order valence-corrected chi connectivity index (χ1v) is 9.47. The van der Waals surface area contributed by atoms with Crippen LogP contribution < -0.4 is 4.74 Å². The average molecular weight is 388 g/mol. The fourth-order valence-corrected chi connectivity index (χ4v) is 3.49. The summed E-state index contributed by atoms with van der Waals surface area (Å²) in [4.78, 5) is 10.7. The van der Waals surface area contributed by atoms with Gasteiger partial charge < -0.3 is 9.53 Å². The molecule has 0 saturated heterocycles. The van der Waals surface area contributed by atoms with Gasteiger partial charge in [-0.05, 0) is 60.6 Å². The van der Waals surface area contributed by atoms with Gasteiger partial charge in [-0.25, -0.2) is 0 Å². The lowest BCUT2D eigenvalue weighted by molar-refractivity contribution is -0.230. The highest BCUT2D eigenvalue weighted by molar-refractivity contribution is 5.64. The number of aldehydes is 1. The van der Waals surface area contributed by atoms with Gasteiger partial charge in [0.25, 0.3) is 0 Å². The van der Waals surface area contributed by atoms with Crippen molar-refractivity contribution in [3.63, 3.8) is 0 Å². The largest absolute Gasteiger partial charge is 0.473 e. The maximum Gasteiger partial charge on any atom is 0.432 e. The SMILES string of the molecule is CCC1(C(F)(F)F)C=Cc2cc(CCCC=O)c(Cc3ccccc3)cc2O1. The van der Waals surface area contributed by atoms with Gasteiger partial charge >= 0.3 is 6.18 Å². The predicted octanol–water partition coefficient (Wildman–Crippen LogP) is 5.92. The van der Waals surface area contributed by atoms with Gasteiger partial charge in [-0.1, -0.05) is 43.3 Å². The molecule has 1 atom stereocenters. The number of hydrogen-bond acceptors (Lipinski definition) is 2. The maximum absolute atomic E-state index is 13.6. The van der Waals surface area contributed by atoms with E-state index < -0.39 is 11.8 Å². The molecule has 2 nitrogen and oxygen atoms in total. The number of carbonyl (C=O) groups excluding carboxylic acids is 1. The lowest BCUT2D eigenvalue weighted by atomic mass is 9.90. The molecule has 148 valence electrons. The minimum atomic E-state index is -4.49. The van der Waals surface area contributed by atoms with Crippen molar-refractivity contribution in [3.05, 3.63) is 70.8 Å². The van der Waals surface area contributed by atoms with Crippen LogP contribution in [0.15, 0.2) is 48.5 Å². The number of aryl methyl sites for hydroxylation is 1. The van der Waals surface area contributed by atoms with Gasteiger partial charge in [-0.15, -0.1) is 0 Å². The first kappa shape index (κ1) is 20.2. The highest BCUT2D eigenvalue weighted by Crippen LogP contribution is 2.44. The average Bonchev–Trinajstić information content (AvgIpc) is 2.68. The molecule has 0 aliphatic carbocycles. The number of unbranched alkanes of at least 4 members (excludes halogenated alkanes) is 1. The van der Waals surface area contributed by atoms with E-state index in [4.69, 9.17) is 4.74 Å². The molecule has 1 aliphatic heterocycles. The highest BCUT2D eigenvalue weighted by Gasteiger charge is 2.55. The third kappa shape index (κ3) is 4.13. The molecule has 1 unspecified atom stereocenters. The summed E-state index contributed by atoms with van der Waals surface area (Å²) in [6.07, 6.45) is 1.28. The van der Waals surface area contributed by atoms with E-state index in [1.165, 1.54) is 13.0 Å². The van der Waals surface area contributed by atoms with Crippen LogP contribution in [0.4, 0.5) is 13.2 Å². The van der Waals surface area contributed by atoms with Gasteiger partial charge in [0.1, 0.15) is 12.0 Å². The van der Waals surface area contributed by atoms with E-state index in [0.29, 0.717) is 31.2 Å². The third-order valence-electron chi connectivity index (χ3n) is 5.17. The van der Waals surface area contributed by atoms with Crippen molar-refractivity contribution >= 4 is 12.4 Å². The molecule has 0 spiro atoms. The van der Waals surface area contributed by atoms with Crippen LogP contribution in [0.2, 0.25) is 0 Å². The first-order valence-electron chi connectivity index (χ1n) is 9.47. The Morgan fingerprint density at radius 2 is 1.86 bits per heavy atom. The van der Waals surface area contributed by atoms with Crippen LogP contribution in [0.25, 0.3) is 6.08 Å². The fourth-order valence-electron chi connectivity index (χ4n) is 3.49. The molecular weight excluding hydrogens is 365 g/mol. The Labute approximate surface area is 163 Å². The molecule has 0 aromatic heterocycles. The number of benzene rings is 2. The van der Waals surface area contributed by atoms with Crippen LogP contribution in [-0.2, 0) is 17.6 Å². The van der Waals surface area contributed by atoms with E-state index >= 15 is 0 Å². The van der Waals surface area contributed by atoms with Gasteiger partial charge in [0.2, 0.25) is 5.60 Å². The maximum atomic E-state index is 13.6. The zero-order valence-corrected chi connectivity index (χ0v) is 15.8. The molecule has 28 heavy (non-hydrogen) atoms. The highest BCUT2D eigenvalue weighted by atomic mass is 19.4. The van der Waals surface area contributed by atoms with Crippen LogP contribution in [-0.4, -0.2) is 18.1 Å². The van der Waals surface area contributed by atoms with Crippen LogP contribution in [0.1, 0.15) is 48.4 Å². The van der Waals surface area contributed by atoms with Gasteiger partial charge in [0, 0.05) is 12.0 Å². The summed E-state index contributed by atoms with van der Waals surface area (Å²) >= 11 is 0. The molecule has 0 radical (unpaired) electrons. The molecule has 0 fully saturated rings. The quantitative estimate of drug-likeness (QED) is 0.435. The first-order chi connectivity index (χ1) is 13.4. The third-order valence-corrected chi connectivity index (χ3v) is 5.17. The summed E-state index contributed by atoms with van der Waals surface area (Å²) in [7, 11) is 0. The zero-order valence-electron chi connectivity index (χ0n) is 15.8. The second kappa shape index (κ2) is 8.21. The number of carbonyl (C=O) groups is 1. The smallest absolute Gasteiger partial charge is 0.432 e. The molecule has 1 heterocycles. The Bertz CT molecular complexity index is 856. The minimum absolute atomic E-state index is 0.193. The number of ether oxygens (including phenoxy) is 1. The van der Waals surface area contributed by atoms with Crippen molar-refractivity contribution in [1.29, 1.82) is 0 Å². The second-order valence-electron chi connectivity index (χ2n) is 7.06. The van der Waals surface area contributed by atoms with Crippen LogP contribution in [0.3, 0.4) is 0 Å². The molecule has 1 aliphatic rings. The zero-order chi connectivity index (χ0) is 20.2. The summed E-state index contributed by atoms with van der Waals surface area (Å²) < 4.78 is 46.4. The Morgan fingerprint density at radius 1 is 1.11 bits per heavy atom. The molecular formula is C23H23F3O2. The van der Waals surface area contributed by atoms with Crippen molar-refractivity contribution in [2.45, 2.75) is 50.8 Å². The van der Waals surface area contributed by atoms with Gasteiger partial charge in [0.05, 0.1) is 0 Å².